The van der Waals surface area contributed by atoms with Crippen molar-refractivity contribution in [3.63, 3.8) is 0 Å². The Balaban J connectivity index is 2.47. The second kappa shape index (κ2) is 4.60. The van der Waals surface area contributed by atoms with Gasteiger partial charge in [0.2, 0.25) is 0 Å². The van der Waals surface area contributed by atoms with E-state index >= 15 is 0 Å². The van der Waals surface area contributed by atoms with E-state index < -0.39 is 0 Å². The molecule has 0 amide bonds. The number of aryl methyl sites for hydroxylation is 3. The molecule has 0 saturated carbocycles. The van der Waals surface area contributed by atoms with E-state index in [4.69, 9.17) is 0 Å². The van der Waals surface area contributed by atoms with Crippen molar-refractivity contribution in [1.82, 2.24) is 9.55 Å². The van der Waals surface area contributed by atoms with Crippen LogP contribution in [0.3, 0.4) is 0 Å². The lowest BCUT2D eigenvalue weighted by atomic mass is 10.1. The summed E-state index contributed by atoms with van der Waals surface area (Å²) in [5.41, 5.74) is 3.68. The third-order valence-corrected chi connectivity index (χ3v) is 3.63. The summed E-state index contributed by atoms with van der Waals surface area (Å²) in [6.45, 7) is 5.82. The summed E-state index contributed by atoms with van der Waals surface area (Å²) in [7, 11) is 0. The van der Waals surface area contributed by atoms with Gasteiger partial charge >= 0.3 is 0 Å². The van der Waals surface area contributed by atoms with Crippen molar-refractivity contribution in [2.45, 2.75) is 20.8 Å². The zero-order valence-corrected chi connectivity index (χ0v) is 11.8. The highest BCUT2D eigenvalue weighted by molar-refractivity contribution is 5.81. The summed E-state index contributed by atoms with van der Waals surface area (Å²) in [5.74, 6) is 0.711. The van der Waals surface area contributed by atoms with Crippen molar-refractivity contribution in [2.24, 2.45) is 0 Å². The van der Waals surface area contributed by atoms with Crippen molar-refractivity contribution in [1.29, 1.82) is 0 Å². The first-order chi connectivity index (χ1) is 9.59. The Labute approximate surface area is 117 Å². The van der Waals surface area contributed by atoms with Crippen LogP contribution in [0, 0.1) is 20.8 Å². The van der Waals surface area contributed by atoms with Gasteiger partial charge in [-0.2, -0.15) is 0 Å². The molecule has 0 spiro atoms. The van der Waals surface area contributed by atoms with Crippen molar-refractivity contribution in [2.75, 3.05) is 0 Å². The number of benzene rings is 2. The molecule has 2 aromatic carbocycles. The minimum atomic E-state index is -0.0000926. The molecule has 0 fully saturated rings. The maximum atomic E-state index is 12.8. The molecule has 1 aromatic heterocycles. The average molecular weight is 264 g/mol. The molecule has 20 heavy (non-hydrogen) atoms. The zero-order valence-electron chi connectivity index (χ0n) is 11.8. The van der Waals surface area contributed by atoms with Crippen LogP contribution in [0.4, 0.5) is 0 Å². The fourth-order valence-electron chi connectivity index (χ4n) is 2.60. The molecule has 1 heterocycles. The first-order valence-electron chi connectivity index (χ1n) is 6.64. The molecular formula is C17H16N2O. The van der Waals surface area contributed by atoms with E-state index in [0.29, 0.717) is 11.2 Å². The fraction of sp³-hybridized carbons (Fsp3) is 0.176. The van der Waals surface area contributed by atoms with E-state index in [1.54, 1.807) is 4.57 Å². The van der Waals surface area contributed by atoms with E-state index in [0.717, 1.165) is 22.3 Å². The number of hydrogen-bond acceptors (Lipinski definition) is 2. The van der Waals surface area contributed by atoms with E-state index in [2.05, 4.69) is 4.98 Å². The Morgan fingerprint density at radius 2 is 1.60 bits per heavy atom. The summed E-state index contributed by atoms with van der Waals surface area (Å²) in [6, 6.07) is 13.6. The van der Waals surface area contributed by atoms with Gasteiger partial charge in [0.15, 0.2) is 0 Å². The van der Waals surface area contributed by atoms with Gasteiger partial charge in [0.25, 0.3) is 5.56 Å². The van der Waals surface area contributed by atoms with E-state index in [1.807, 2.05) is 63.2 Å². The number of aromatic nitrogens is 2. The topological polar surface area (TPSA) is 34.9 Å². The van der Waals surface area contributed by atoms with Crippen molar-refractivity contribution in [3.05, 3.63) is 69.8 Å². The maximum absolute atomic E-state index is 12.8. The Morgan fingerprint density at radius 1 is 0.900 bits per heavy atom. The second-order valence-corrected chi connectivity index (χ2v) is 5.06. The van der Waals surface area contributed by atoms with Crippen molar-refractivity contribution in [3.8, 4) is 5.69 Å². The lowest BCUT2D eigenvalue weighted by Gasteiger charge is -2.13. The number of nitrogens with zero attached hydrogens (tertiary/aromatic N) is 2. The van der Waals surface area contributed by atoms with Crippen molar-refractivity contribution >= 4 is 10.9 Å². The van der Waals surface area contributed by atoms with Crippen LogP contribution < -0.4 is 5.56 Å². The molecule has 0 aliphatic rings. The van der Waals surface area contributed by atoms with Gasteiger partial charge in [0.1, 0.15) is 5.82 Å². The molecule has 0 radical (unpaired) electrons. The molecule has 3 aromatic rings. The molecule has 0 atom stereocenters. The van der Waals surface area contributed by atoms with Gasteiger partial charge in [-0.25, -0.2) is 4.98 Å². The van der Waals surface area contributed by atoms with Crippen LogP contribution in [0.5, 0.6) is 0 Å². The van der Waals surface area contributed by atoms with Gasteiger partial charge in [-0.3, -0.25) is 9.36 Å². The number of para-hydroxylation sites is 1. The summed E-state index contributed by atoms with van der Waals surface area (Å²) >= 11 is 0. The quantitative estimate of drug-likeness (QED) is 0.676. The number of hydrogen-bond donors (Lipinski definition) is 0. The first-order valence-corrected chi connectivity index (χ1v) is 6.64. The van der Waals surface area contributed by atoms with Crippen LogP contribution in [0.25, 0.3) is 16.6 Å². The third kappa shape index (κ3) is 1.83. The molecule has 0 aliphatic carbocycles. The van der Waals surface area contributed by atoms with Crippen LogP contribution in [0.2, 0.25) is 0 Å². The second-order valence-electron chi connectivity index (χ2n) is 5.06. The predicted molar refractivity (Wildman–Crippen MR) is 81.6 cm³/mol. The average Bonchev–Trinajstić information content (AvgIpc) is 2.40. The molecule has 3 heteroatoms. The van der Waals surface area contributed by atoms with Gasteiger partial charge in [-0.1, -0.05) is 30.3 Å². The first kappa shape index (κ1) is 12.6. The minimum Gasteiger partial charge on any atom is -0.268 e. The molecule has 3 nitrogen and oxygen atoms in total. The molecule has 100 valence electrons. The minimum absolute atomic E-state index is 0.0000926. The standard InChI is InChI=1S/C17H16N2O/c1-11-7-4-5-10-15(11)19-13(3)18-14-9-6-8-12(2)16(14)17(19)20/h4-10H,1-3H3. The lowest BCUT2D eigenvalue weighted by Crippen LogP contribution is -2.23. The summed E-state index contributed by atoms with van der Waals surface area (Å²) in [4.78, 5) is 17.4. The van der Waals surface area contributed by atoms with Gasteiger partial charge in [0.05, 0.1) is 16.6 Å². The molecule has 3 rings (SSSR count). The summed E-state index contributed by atoms with van der Waals surface area (Å²) in [6.07, 6.45) is 0. The Hall–Kier alpha value is -2.42. The highest BCUT2D eigenvalue weighted by Gasteiger charge is 2.12. The smallest absolute Gasteiger partial charge is 0.266 e. The number of rotatable bonds is 1. The molecule has 0 aliphatic heterocycles. The molecule has 0 bridgehead atoms. The van der Waals surface area contributed by atoms with Gasteiger partial charge in [-0.05, 0) is 44.0 Å². The normalized spacial score (nSPS) is 10.9. The van der Waals surface area contributed by atoms with E-state index in [9.17, 15) is 4.79 Å². The van der Waals surface area contributed by atoms with Crippen LogP contribution in [-0.4, -0.2) is 9.55 Å². The molecule has 0 saturated heterocycles. The van der Waals surface area contributed by atoms with E-state index in [1.165, 1.54) is 0 Å². The predicted octanol–water partition coefficient (Wildman–Crippen LogP) is 3.31. The monoisotopic (exact) mass is 264 g/mol. The van der Waals surface area contributed by atoms with Crippen LogP contribution in [0.15, 0.2) is 47.3 Å². The summed E-state index contributed by atoms with van der Waals surface area (Å²) in [5, 5.41) is 0.696. The molecule has 0 unspecified atom stereocenters. The maximum Gasteiger partial charge on any atom is 0.266 e. The van der Waals surface area contributed by atoms with Crippen LogP contribution in [-0.2, 0) is 0 Å². The van der Waals surface area contributed by atoms with Gasteiger partial charge in [-0.15, -0.1) is 0 Å². The van der Waals surface area contributed by atoms with E-state index in [-0.39, 0.29) is 5.56 Å². The SMILES string of the molecule is Cc1ccccc1-n1c(C)nc2cccc(C)c2c1=O. The van der Waals surface area contributed by atoms with Crippen LogP contribution in [0.1, 0.15) is 17.0 Å². The fourth-order valence-corrected chi connectivity index (χ4v) is 2.60. The van der Waals surface area contributed by atoms with Crippen molar-refractivity contribution < 1.29 is 0 Å². The Bertz CT molecular complexity index is 862. The van der Waals surface area contributed by atoms with Crippen LogP contribution >= 0.6 is 0 Å². The lowest BCUT2D eigenvalue weighted by molar-refractivity contribution is 0.886. The highest BCUT2D eigenvalue weighted by Crippen LogP contribution is 2.17. The highest BCUT2D eigenvalue weighted by atomic mass is 16.1. The molecular weight excluding hydrogens is 248 g/mol. The Kier molecular flexibility index (Phi) is 2.90. The zero-order chi connectivity index (χ0) is 14.3. The van der Waals surface area contributed by atoms with Gasteiger partial charge < -0.3 is 0 Å². The third-order valence-electron chi connectivity index (χ3n) is 3.63. The Morgan fingerprint density at radius 3 is 2.35 bits per heavy atom. The summed E-state index contributed by atoms with van der Waals surface area (Å²) < 4.78 is 1.70. The molecule has 0 N–H and O–H groups in total. The van der Waals surface area contributed by atoms with Gasteiger partial charge in [0, 0.05) is 0 Å². The number of fused-ring (bicyclic) bond motifs is 1. The largest absolute Gasteiger partial charge is 0.268 e.